The smallest absolute Gasteiger partial charge is 0.255 e. The number of allylic oxidation sites excluding steroid dienone is 1. The maximum atomic E-state index is 13.4. The number of amidine groups is 1. The summed E-state index contributed by atoms with van der Waals surface area (Å²) in [5.41, 5.74) is 5.00. The van der Waals surface area contributed by atoms with E-state index in [1.54, 1.807) is 18.9 Å². The number of aliphatic imine (C=N–C) groups is 1. The second-order valence-electron chi connectivity index (χ2n) is 7.93. The average Bonchev–Trinajstić information content (AvgIpc) is 2.84. The van der Waals surface area contributed by atoms with Crippen LogP contribution in [-0.4, -0.2) is 18.2 Å². The van der Waals surface area contributed by atoms with E-state index in [0.29, 0.717) is 11.3 Å². The summed E-state index contributed by atoms with van der Waals surface area (Å²) in [4.78, 5) is 18.3. The molecule has 3 aromatic rings. The maximum absolute atomic E-state index is 13.4. The van der Waals surface area contributed by atoms with Gasteiger partial charge in [0.05, 0.1) is 12.7 Å². The summed E-state index contributed by atoms with van der Waals surface area (Å²) < 4.78 is 5.54. The monoisotopic (exact) mass is 491 g/mol. The number of thioether (sulfide) groups is 1. The Morgan fingerprint density at radius 2 is 1.82 bits per heavy atom. The molecule has 0 aromatic heterocycles. The summed E-state index contributed by atoms with van der Waals surface area (Å²) in [7, 11) is 1.65. The van der Waals surface area contributed by atoms with Crippen LogP contribution in [0, 0.1) is 6.92 Å². The van der Waals surface area contributed by atoms with Crippen molar-refractivity contribution in [2.75, 3.05) is 12.4 Å². The van der Waals surface area contributed by atoms with Crippen molar-refractivity contribution in [3.8, 4) is 5.75 Å². The molecule has 4 rings (SSSR count). The molecule has 34 heavy (non-hydrogen) atoms. The summed E-state index contributed by atoms with van der Waals surface area (Å²) in [5, 5.41) is 7.78. The van der Waals surface area contributed by atoms with E-state index in [1.807, 2.05) is 86.6 Å². The van der Waals surface area contributed by atoms with Gasteiger partial charge in [-0.1, -0.05) is 71.9 Å². The number of anilines is 1. The van der Waals surface area contributed by atoms with Crippen molar-refractivity contribution in [1.29, 1.82) is 0 Å². The van der Waals surface area contributed by atoms with Crippen LogP contribution in [0.2, 0.25) is 5.02 Å². The Labute approximate surface area is 209 Å². The first-order valence-electron chi connectivity index (χ1n) is 10.9. The van der Waals surface area contributed by atoms with Gasteiger partial charge in [-0.15, -0.1) is 0 Å². The zero-order valence-electron chi connectivity index (χ0n) is 19.3. The van der Waals surface area contributed by atoms with Crippen LogP contribution >= 0.6 is 23.4 Å². The molecule has 3 aromatic carbocycles. The van der Waals surface area contributed by atoms with Crippen molar-refractivity contribution < 1.29 is 9.53 Å². The fourth-order valence-electron chi connectivity index (χ4n) is 3.74. The highest BCUT2D eigenvalue weighted by atomic mass is 35.5. The number of halogens is 1. The van der Waals surface area contributed by atoms with Crippen LogP contribution in [0.15, 0.2) is 89.1 Å². The number of nitrogens with one attached hydrogen (secondary N) is 2. The predicted molar refractivity (Wildman–Crippen MR) is 142 cm³/mol. The summed E-state index contributed by atoms with van der Waals surface area (Å²) in [6.07, 6.45) is 0. The number of ether oxygens (including phenoxy) is 1. The minimum Gasteiger partial charge on any atom is -0.496 e. The summed E-state index contributed by atoms with van der Waals surface area (Å²) >= 11 is 7.89. The first-order chi connectivity index (χ1) is 16.5. The number of carbonyl (C=O) groups excluding carboxylic acids is 1. The van der Waals surface area contributed by atoms with E-state index >= 15 is 0 Å². The Balaban J connectivity index is 1.66. The number of rotatable bonds is 6. The zero-order chi connectivity index (χ0) is 24.1. The van der Waals surface area contributed by atoms with E-state index in [4.69, 9.17) is 21.3 Å². The van der Waals surface area contributed by atoms with E-state index in [-0.39, 0.29) is 5.91 Å². The molecule has 2 N–H and O–H groups in total. The van der Waals surface area contributed by atoms with E-state index in [0.717, 1.165) is 44.0 Å². The fraction of sp³-hybridized carbons (Fsp3) is 0.185. The molecule has 1 heterocycles. The molecular formula is C27H26ClN3O2S. The third-order valence-electron chi connectivity index (χ3n) is 5.56. The largest absolute Gasteiger partial charge is 0.496 e. The maximum Gasteiger partial charge on any atom is 0.255 e. The van der Waals surface area contributed by atoms with Crippen molar-refractivity contribution in [3.63, 3.8) is 0 Å². The molecule has 1 amide bonds. The van der Waals surface area contributed by atoms with Crippen molar-refractivity contribution in [2.24, 2.45) is 4.99 Å². The molecule has 1 atom stereocenters. The lowest BCUT2D eigenvalue weighted by molar-refractivity contribution is -0.113. The van der Waals surface area contributed by atoms with E-state index in [2.05, 4.69) is 10.6 Å². The molecule has 0 spiro atoms. The molecule has 0 bridgehead atoms. The second-order valence-corrected chi connectivity index (χ2v) is 9.30. The number of methoxy groups -OCH3 is 1. The third-order valence-corrected chi connectivity index (χ3v) is 6.87. The molecule has 0 radical (unpaired) electrons. The molecule has 0 saturated carbocycles. The van der Waals surface area contributed by atoms with Crippen molar-refractivity contribution in [2.45, 2.75) is 25.6 Å². The second kappa shape index (κ2) is 10.8. The lowest BCUT2D eigenvalue weighted by atomic mass is 9.94. The summed E-state index contributed by atoms with van der Waals surface area (Å²) in [6.45, 7) is 3.90. The van der Waals surface area contributed by atoms with E-state index in [1.165, 1.54) is 0 Å². The number of carbonyl (C=O) groups is 1. The first kappa shape index (κ1) is 23.9. The van der Waals surface area contributed by atoms with E-state index in [9.17, 15) is 4.79 Å². The molecular weight excluding hydrogens is 466 g/mol. The highest BCUT2D eigenvalue weighted by Crippen LogP contribution is 2.36. The van der Waals surface area contributed by atoms with Crippen LogP contribution in [0.3, 0.4) is 0 Å². The van der Waals surface area contributed by atoms with Crippen LogP contribution in [-0.2, 0) is 10.5 Å². The highest BCUT2D eigenvalue weighted by Gasteiger charge is 2.30. The Bertz CT molecular complexity index is 1260. The van der Waals surface area contributed by atoms with Gasteiger partial charge in [-0.2, -0.15) is 0 Å². The van der Waals surface area contributed by atoms with Gasteiger partial charge in [-0.3, -0.25) is 4.79 Å². The average molecular weight is 492 g/mol. The molecule has 1 aliphatic heterocycles. The molecule has 0 unspecified atom stereocenters. The number of para-hydroxylation sites is 1. The molecule has 7 heteroatoms. The lowest BCUT2D eigenvalue weighted by Gasteiger charge is -2.27. The molecule has 0 aliphatic carbocycles. The predicted octanol–water partition coefficient (Wildman–Crippen LogP) is 6.50. The minimum atomic E-state index is -0.479. The number of aryl methyl sites for hydroxylation is 1. The van der Waals surface area contributed by atoms with Gasteiger partial charge in [-0.25, -0.2) is 4.99 Å². The van der Waals surface area contributed by atoms with Gasteiger partial charge >= 0.3 is 0 Å². The molecule has 1 aliphatic rings. The zero-order valence-corrected chi connectivity index (χ0v) is 20.8. The fourth-order valence-corrected chi connectivity index (χ4v) is 4.98. The number of hydrogen-bond acceptors (Lipinski definition) is 5. The van der Waals surface area contributed by atoms with Gasteiger partial charge < -0.3 is 15.4 Å². The number of amides is 1. The van der Waals surface area contributed by atoms with Crippen LogP contribution in [0.1, 0.15) is 29.7 Å². The number of nitrogens with zero attached hydrogens (tertiary/aromatic N) is 1. The van der Waals surface area contributed by atoms with Crippen molar-refractivity contribution in [3.05, 3.63) is 106 Å². The summed E-state index contributed by atoms with van der Waals surface area (Å²) in [6, 6.07) is 22.6. The minimum absolute atomic E-state index is 0.195. The first-order valence-corrected chi connectivity index (χ1v) is 12.3. The van der Waals surface area contributed by atoms with Gasteiger partial charge in [0, 0.05) is 22.2 Å². The van der Waals surface area contributed by atoms with Gasteiger partial charge in [0.1, 0.15) is 11.8 Å². The highest BCUT2D eigenvalue weighted by molar-refractivity contribution is 8.13. The molecule has 0 saturated heterocycles. The van der Waals surface area contributed by atoms with E-state index < -0.39 is 6.04 Å². The van der Waals surface area contributed by atoms with Crippen LogP contribution < -0.4 is 15.4 Å². The SMILES string of the molecule is COc1cc([C@@H]2N=C(SCc3ccccc3Cl)NC(C)=C2C(=O)Nc2ccccc2)ccc1C. The van der Waals surface area contributed by atoms with Gasteiger partial charge in [0.25, 0.3) is 5.91 Å². The standard InChI is InChI=1S/C27H26ClN3O2S/c1-17-13-14-19(15-23(17)33-3)25-24(26(32)30-21-10-5-4-6-11-21)18(2)29-27(31-25)34-16-20-9-7-8-12-22(20)28/h4-15,25H,16H2,1-3H3,(H,29,31)(H,30,32)/t25-/m0/s1. The van der Waals surface area contributed by atoms with Crippen LogP contribution in [0.5, 0.6) is 5.75 Å². The van der Waals surface area contributed by atoms with Gasteiger partial charge in [0.15, 0.2) is 5.17 Å². The Hall–Kier alpha value is -3.22. The number of hydrogen-bond donors (Lipinski definition) is 2. The van der Waals surface area contributed by atoms with Crippen molar-refractivity contribution >= 4 is 40.1 Å². The van der Waals surface area contributed by atoms with Crippen molar-refractivity contribution in [1.82, 2.24) is 5.32 Å². The van der Waals surface area contributed by atoms with Gasteiger partial charge in [0.2, 0.25) is 0 Å². The topological polar surface area (TPSA) is 62.7 Å². The quantitative estimate of drug-likeness (QED) is 0.413. The van der Waals surface area contributed by atoms with Crippen LogP contribution in [0.25, 0.3) is 0 Å². The molecule has 0 fully saturated rings. The lowest BCUT2D eigenvalue weighted by Crippen LogP contribution is -2.32. The Morgan fingerprint density at radius 1 is 1.09 bits per heavy atom. The normalized spacial score (nSPS) is 15.4. The Morgan fingerprint density at radius 3 is 2.56 bits per heavy atom. The van der Waals surface area contributed by atoms with Gasteiger partial charge in [-0.05, 0) is 54.8 Å². The van der Waals surface area contributed by atoms with Crippen LogP contribution in [0.4, 0.5) is 5.69 Å². The third kappa shape index (κ3) is 5.46. The summed E-state index contributed by atoms with van der Waals surface area (Å²) in [5.74, 6) is 1.23. The number of benzene rings is 3. The molecule has 174 valence electrons. The Kier molecular flexibility index (Phi) is 7.60. The molecule has 5 nitrogen and oxygen atoms in total.